The van der Waals surface area contributed by atoms with E-state index in [2.05, 4.69) is 6.92 Å². The van der Waals surface area contributed by atoms with E-state index in [9.17, 15) is 4.79 Å². The van der Waals surface area contributed by atoms with Crippen molar-refractivity contribution in [1.29, 1.82) is 0 Å². The molecule has 3 heteroatoms. The maximum atomic E-state index is 10.7. The summed E-state index contributed by atoms with van der Waals surface area (Å²) in [5.74, 6) is 0. The number of hydrogen-bond acceptors (Lipinski definition) is 3. The Morgan fingerprint density at radius 3 is 2.05 bits per heavy atom. The molecule has 0 aliphatic rings. The van der Waals surface area contributed by atoms with Crippen molar-refractivity contribution in [3.63, 3.8) is 0 Å². The highest BCUT2D eigenvalue weighted by Crippen LogP contribution is 2.14. The molecule has 0 spiro atoms. The molecule has 3 nitrogen and oxygen atoms in total. The first kappa shape index (κ1) is 20.6. The minimum absolute atomic E-state index is 0.0738. The van der Waals surface area contributed by atoms with Gasteiger partial charge < -0.3 is 14.3 Å². The molecule has 0 aliphatic heterocycles. The first-order valence-corrected chi connectivity index (χ1v) is 8.82. The lowest BCUT2D eigenvalue weighted by molar-refractivity contribution is -0.111. The Balaban J connectivity index is 3.49. The normalized spacial score (nSPS) is 14.0. The minimum Gasteiger partial charge on any atom is -0.379 e. The predicted octanol–water partition coefficient (Wildman–Crippen LogP) is 4.92. The largest absolute Gasteiger partial charge is 0.379 e. The van der Waals surface area contributed by atoms with Crippen LogP contribution in [-0.2, 0) is 14.3 Å². The molecular formula is C18H36O3. The maximum Gasteiger partial charge on any atom is 0.122 e. The molecule has 126 valence electrons. The van der Waals surface area contributed by atoms with Crippen molar-refractivity contribution in [3.05, 3.63) is 0 Å². The Morgan fingerprint density at radius 2 is 1.52 bits per heavy atom. The lowest BCUT2D eigenvalue weighted by atomic mass is 10.0. The number of methoxy groups -OCH3 is 1. The van der Waals surface area contributed by atoms with E-state index in [0.717, 1.165) is 19.1 Å². The number of hydrogen-bond donors (Lipinski definition) is 0. The monoisotopic (exact) mass is 300 g/mol. The third-order valence-electron chi connectivity index (χ3n) is 3.96. The van der Waals surface area contributed by atoms with Gasteiger partial charge in [0, 0.05) is 13.5 Å². The van der Waals surface area contributed by atoms with Crippen LogP contribution in [0.1, 0.15) is 84.5 Å². The average molecular weight is 300 g/mol. The highest BCUT2D eigenvalue weighted by molar-refractivity contribution is 5.50. The number of ether oxygens (including phenoxy) is 2. The second-order valence-electron chi connectivity index (χ2n) is 6.02. The van der Waals surface area contributed by atoms with Gasteiger partial charge in [-0.05, 0) is 13.3 Å². The number of rotatable bonds is 16. The van der Waals surface area contributed by atoms with E-state index < -0.39 is 0 Å². The van der Waals surface area contributed by atoms with Gasteiger partial charge in [0.25, 0.3) is 0 Å². The molecule has 0 saturated heterocycles. The number of aldehydes is 1. The summed E-state index contributed by atoms with van der Waals surface area (Å²) in [5.41, 5.74) is 0. The van der Waals surface area contributed by atoms with Crippen molar-refractivity contribution >= 4 is 6.29 Å². The van der Waals surface area contributed by atoms with Crippen LogP contribution in [0, 0.1) is 0 Å². The summed E-state index contributed by atoms with van der Waals surface area (Å²) in [5, 5.41) is 0. The quantitative estimate of drug-likeness (QED) is 0.300. The minimum atomic E-state index is 0.0738. The molecule has 0 rings (SSSR count). The van der Waals surface area contributed by atoms with Crippen LogP contribution in [0.3, 0.4) is 0 Å². The van der Waals surface area contributed by atoms with Gasteiger partial charge in [-0.25, -0.2) is 0 Å². The van der Waals surface area contributed by atoms with Crippen molar-refractivity contribution in [3.8, 4) is 0 Å². The fraction of sp³-hybridized carbons (Fsp3) is 0.944. The summed E-state index contributed by atoms with van der Waals surface area (Å²) in [7, 11) is 1.68. The average Bonchev–Trinajstić information content (AvgIpc) is 2.50. The summed E-state index contributed by atoms with van der Waals surface area (Å²) < 4.78 is 10.9. The van der Waals surface area contributed by atoms with Crippen LogP contribution in [0.15, 0.2) is 0 Å². The van der Waals surface area contributed by atoms with Crippen LogP contribution in [0.25, 0.3) is 0 Å². The molecule has 0 heterocycles. The first-order valence-electron chi connectivity index (χ1n) is 8.82. The summed E-state index contributed by atoms with van der Waals surface area (Å²) in [6.07, 6.45) is 14.6. The Hall–Kier alpha value is -0.410. The Kier molecular flexibility index (Phi) is 15.7. The fourth-order valence-electron chi connectivity index (χ4n) is 2.40. The van der Waals surface area contributed by atoms with Gasteiger partial charge in [-0.1, -0.05) is 64.7 Å². The van der Waals surface area contributed by atoms with Crippen LogP contribution in [0.5, 0.6) is 0 Å². The maximum absolute atomic E-state index is 10.7. The molecule has 1 unspecified atom stereocenters. The van der Waals surface area contributed by atoms with Gasteiger partial charge in [-0.3, -0.25) is 0 Å². The van der Waals surface area contributed by atoms with Crippen LogP contribution in [-0.4, -0.2) is 32.2 Å². The molecule has 0 aromatic carbocycles. The van der Waals surface area contributed by atoms with Gasteiger partial charge >= 0.3 is 0 Å². The number of carbonyl (C=O) groups is 1. The van der Waals surface area contributed by atoms with Crippen LogP contribution in [0.2, 0.25) is 0 Å². The van der Waals surface area contributed by atoms with Crippen LogP contribution >= 0.6 is 0 Å². The fourth-order valence-corrected chi connectivity index (χ4v) is 2.40. The van der Waals surface area contributed by atoms with E-state index in [-0.39, 0.29) is 12.2 Å². The Labute approximate surface area is 131 Å². The lowest BCUT2D eigenvalue weighted by Crippen LogP contribution is -2.21. The van der Waals surface area contributed by atoms with Crippen LogP contribution in [0.4, 0.5) is 0 Å². The lowest BCUT2D eigenvalue weighted by Gasteiger charge is -2.18. The van der Waals surface area contributed by atoms with Crippen molar-refractivity contribution < 1.29 is 14.3 Å². The summed E-state index contributed by atoms with van der Waals surface area (Å²) in [6.45, 7) is 4.81. The SMILES string of the molecule is CCCCCCCCCCC[C@H](CC=O)OCC(C)OC. The summed E-state index contributed by atoms with van der Waals surface area (Å²) in [4.78, 5) is 10.7. The van der Waals surface area contributed by atoms with Crippen molar-refractivity contribution in [2.75, 3.05) is 13.7 Å². The second kappa shape index (κ2) is 16.0. The number of carbonyl (C=O) groups excluding carboxylic acids is 1. The van der Waals surface area contributed by atoms with E-state index in [1.54, 1.807) is 7.11 Å². The van der Waals surface area contributed by atoms with E-state index in [4.69, 9.17) is 9.47 Å². The molecule has 0 N–H and O–H groups in total. The zero-order valence-corrected chi connectivity index (χ0v) is 14.4. The third-order valence-corrected chi connectivity index (χ3v) is 3.96. The highest BCUT2D eigenvalue weighted by Gasteiger charge is 2.10. The third kappa shape index (κ3) is 14.3. The van der Waals surface area contributed by atoms with Crippen molar-refractivity contribution in [2.45, 2.75) is 96.7 Å². The molecule has 0 aliphatic carbocycles. The molecule has 0 aromatic heterocycles. The molecule has 0 saturated carbocycles. The molecular weight excluding hydrogens is 264 g/mol. The van der Waals surface area contributed by atoms with Gasteiger partial charge in [-0.15, -0.1) is 0 Å². The second-order valence-corrected chi connectivity index (χ2v) is 6.02. The Morgan fingerprint density at radius 1 is 0.952 bits per heavy atom. The van der Waals surface area contributed by atoms with Gasteiger partial charge in [0.1, 0.15) is 6.29 Å². The smallest absolute Gasteiger partial charge is 0.122 e. The van der Waals surface area contributed by atoms with Gasteiger partial charge in [0.15, 0.2) is 0 Å². The first-order chi connectivity index (χ1) is 10.2. The summed E-state index contributed by atoms with van der Waals surface area (Å²) >= 11 is 0. The highest BCUT2D eigenvalue weighted by atomic mass is 16.5. The standard InChI is InChI=1S/C18H36O3/c1-4-5-6-7-8-9-10-11-12-13-18(14-15-19)21-16-17(2)20-3/h15,17-18H,4-14,16H2,1-3H3/t17?,18-/m1/s1. The predicted molar refractivity (Wildman–Crippen MR) is 88.7 cm³/mol. The van der Waals surface area contributed by atoms with Crippen molar-refractivity contribution in [1.82, 2.24) is 0 Å². The summed E-state index contributed by atoms with van der Waals surface area (Å²) in [6, 6.07) is 0. The molecule has 0 fully saturated rings. The van der Waals surface area contributed by atoms with E-state index in [0.29, 0.717) is 13.0 Å². The molecule has 0 amide bonds. The zero-order chi connectivity index (χ0) is 15.8. The zero-order valence-electron chi connectivity index (χ0n) is 14.4. The molecule has 21 heavy (non-hydrogen) atoms. The van der Waals surface area contributed by atoms with E-state index in [1.807, 2.05) is 6.92 Å². The van der Waals surface area contributed by atoms with Crippen LogP contribution < -0.4 is 0 Å². The van der Waals surface area contributed by atoms with Gasteiger partial charge in [0.2, 0.25) is 0 Å². The molecule has 2 atom stereocenters. The van der Waals surface area contributed by atoms with E-state index >= 15 is 0 Å². The van der Waals surface area contributed by atoms with E-state index in [1.165, 1.54) is 51.4 Å². The molecule has 0 bridgehead atoms. The topological polar surface area (TPSA) is 35.5 Å². The molecule has 0 aromatic rings. The van der Waals surface area contributed by atoms with Gasteiger partial charge in [-0.2, -0.15) is 0 Å². The number of unbranched alkanes of at least 4 members (excludes halogenated alkanes) is 8. The van der Waals surface area contributed by atoms with Crippen molar-refractivity contribution in [2.24, 2.45) is 0 Å². The molecule has 0 radical (unpaired) electrons. The van der Waals surface area contributed by atoms with Gasteiger partial charge in [0.05, 0.1) is 18.8 Å². The Bertz CT molecular complexity index is 219.